The molecule has 0 bridgehead atoms. The molecule has 6 heteroatoms. The number of anilines is 1. The van der Waals surface area contributed by atoms with Crippen LogP contribution < -0.4 is 10.9 Å². The van der Waals surface area contributed by atoms with Gasteiger partial charge < -0.3 is 10.3 Å². The summed E-state index contributed by atoms with van der Waals surface area (Å²) in [6.07, 6.45) is 2.18. The van der Waals surface area contributed by atoms with E-state index in [2.05, 4.69) is 39.6 Å². The van der Waals surface area contributed by atoms with Crippen molar-refractivity contribution in [3.05, 3.63) is 79.7 Å². The molecule has 2 aromatic heterocycles. The van der Waals surface area contributed by atoms with Crippen LogP contribution in [0.15, 0.2) is 46.7 Å². The normalized spacial score (nSPS) is 10.6. The second-order valence-corrected chi connectivity index (χ2v) is 6.59. The van der Waals surface area contributed by atoms with Gasteiger partial charge in [-0.05, 0) is 25.5 Å². The van der Waals surface area contributed by atoms with Crippen molar-refractivity contribution in [3.63, 3.8) is 0 Å². The number of rotatable bonds is 4. The quantitative estimate of drug-likeness (QED) is 0.766. The first-order chi connectivity index (χ1) is 11.5. The van der Waals surface area contributed by atoms with Crippen molar-refractivity contribution in [2.24, 2.45) is 0 Å². The molecule has 2 heterocycles. The molecule has 0 saturated heterocycles. The van der Waals surface area contributed by atoms with E-state index in [0.29, 0.717) is 23.4 Å². The number of benzene rings is 1. The Morgan fingerprint density at radius 2 is 2.00 bits per heavy atom. The van der Waals surface area contributed by atoms with Gasteiger partial charge in [-0.3, -0.25) is 9.59 Å². The Balaban J connectivity index is 1.70. The molecule has 0 unspecified atom stereocenters. The molecular weight excluding hydrogens is 322 g/mol. The molecule has 0 saturated carbocycles. The Kier molecular flexibility index (Phi) is 4.57. The lowest BCUT2D eigenvalue weighted by Gasteiger charge is -2.03. The zero-order valence-electron chi connectivity index (χ0n) is 13.4. The van der Waals surface area contributed by atoms with Gasteiger partial charge in [0.25, 0.3) is 11.5 Å². The Labute approximate surface area is 143 Å². The largest absolute Gasteiger partial charge is 0.327 e. The van der Waals surface area contributed by atoms with E-state index in [9.17, 15) is 9.59 Å². The van der Waals surface area contributed by atoms with E-state index in [4.69, 9.17) is 0 Å². The number of hydrogen-bond acceptors (Lipinski definition) is 4. The van der Waals surface area contributed by atoms with Gasteiger partial charge in [-0.1, -0.05) is 29.8 Å². The summed E-state index contributed by atoms with van der Waals surface area (Å²) >= 11 is 1.46. The SMILES string of the molecule is Cc1ccc(Cc2nc(C(=O)Nc3c[nH]c(=O)c(C)c3)cs2)cc1. The maximum absolute atomic E-state index is 12.3. The van der Waals surface area contributed by atoms with Gasteiger partial charge in [0.2, 0.25) is 0 Å². The van der Waals surface area contributed by atoms with Crippen LogP contribution in [0.4, 0.5) is 5.69 Å². The molecule has 1 amide bonds. The lowest BCUT2D eigenvalue weighted by Crippen LogP contribution is -2.15. The molecule has 122 valence electrons. The van der Waals surface area contributed by atoms with Crippen LogP contribution >= 0.6 is 11.3 Å². The van der Waals surface area contributed by atoms with Gasteiger partial charge in [0.05, 0.1) is 10.7 Å². The molecule has 0 aliphatic rings. The molecule has 0 aliphatic heterocycles. The minimum atomic E-state index is -0.284. The average Bonchev–Trinajstić information content (AvgIpc) is 3.02. The van der Waals surface area contributed by atoms with E-state index in [1.54, 1.807) is 18.4 Å². The van der Waals surface area contributed by atoms with Gasteiger partial charge >= 0.3 is 0 Å². The van der Waals surface area contributed by atoms with Gasteiger partial charge in [0.1, 0.15) is 5.69 Å². The zero-order valence-corrected chi connectivity index (χ0v) is 14.2. The monoisotopic (exact) mass is 339 g/mol. The van der Waals surface area contributed by atoms with Crippen LogP contribution in [0.3, 0.4) is 0 Å². The zero-order chi connectivity index (χ0) is 17.1. The first-order valence-electron chi connectivity index (χ1n) is 7.52. The molecule has 0 fully saturated rings. The highest BCUT2D eigenvalue weighted by molar-refractivity contribution is 7.09. The maximum Gasteiger partial charge on any atom is 0.275 e. The molecule has 2 N–H and O–H groups in total. The number of carbonyl (C=O) groups excluding carboxylic acids is 1. The van der Waals surface area contributed by atoms with E-state index in [1.165, 1.54) is 23.1 Å². The maximum atomic E-state index is 12.3. The van der Waals surface area contributed by atoms with Crippen LogP contribution in [0, 0.1) is 13.8 Å². The van der Waals surface area contributed by atoms with Crippen LogP contribution in [-0.4, -0.2) is 15.9 Å². The number of hydrogen-bond donors (Lipinski definition) is 2. The van der Waals surface area contributed by atoms with Crippen LogP contribution in [0.1, 0.15) is 32.2 Å². The third-order valence-corrected chi connectivity index (χ3v) is 4.46. The number of thiazole rings is 1. The highest BCUT2D eigenvalue weighted by atomic mass is 32.1. The van der Waals surface area contributed by atoms with Gasteiger partial charge in [-0.2, -0.15) is 0 Å². The van der Waals surface area contributed by atoms with E-state index in [1.807, 2.05) is 6.92 Å². The highest BCUT2D eigenvalue weighted by Gasteiger charge is 2.12. The van der Waals surface area contributed by atoms with E-state index >= 15 is 0 Å². The number of aryl methyl sites for hydroxylation is 2. The number of aromatic nitrogens is 2. The van der Waals surface area contributed by atoms with Crippen molar-refractivity contribution in [1.82, 2.24) is 9.97 Å². The predicted molar refractivity (Wildman–Crippen MR) is 95.9 cm³/mol. The van der Waals surface area contributed by atoms with Crippen molar-refractivity contribution >= 4 is 22.9 Å². The summed E-state index contributed by atoms with van der Waals surface area (Å²) in [6, 6.07) is 9.90. The molecule has 24 heavy (non-hydrogen) atoms. The molecule has 3 rings (SSSR count). The number of pyridine rings is 1. The molecule has 5 nitrogen and oxygen atoms in total. The molecule has 1 aromatic carbocycles. The Hall–Kier alpha value is -2.73. The summed E-state index contributed by atoms with van der Waals surface area (Å²) in [7, 11) is 0. The summed E-state index contributed by atoms with van der Waals surface area (Å²) in [4.78, 5) is 30.6. The average molecular weight is 339 g/mol. The first-order valence-corrected chi connectivity index (χ1v) is 8.40. The standard InChI is InChI=1S/C18H17N3O2S/c1-11-3-5-13(6-4-11)8-16-21-15(10-24-16)18(23)20-14-7-12(2)17(22)19-9-14/h3-7,9-10H,8H2,1-2H3,(H,19,22)(H,20,23). The lowest BCUT2D eigenvalue weighted by atomic mass is 10.1. The minimum absolute atomic E-state index is 0.165. The van der Waals surface area contributed by atoms with Crippen molar-refractivity contribution in [1.29, 1.82) is 0 Å². The summed E-state index contributed by atoms with van der Waals surface area (Å²) in [5.41, 5.74) is 3.69. The van der Waals surface area contributed by atoms with Crippen LogP contribution in [0.25, 0.3) is 0 Å². The second-order valence-electron chi connectivity index (χ2n) is 5.64. The van der Waals surface area contributed by atoms with Crippen molar-refractivity contribution in [2.75, 3.05) is 5.32 Å². The van der Waals surface area contributed by atoms with Crippen molar-refractivity contribution in [3.8, 4) is 0 Å². The summed E-state index contributed by atoms with van der Waals surface area (Å²) in [5.74, 6) is -0.284. The van der Waals surface area contributed by atoms with Crippen LogP contribution in [0.2, 0.25) is 0 Å². The van der Waals surface area contributed by atoms with Gasteiger partial charge in [0.15, 0.2) is 0 Å². The third kappa shape index (κ3) is 3.78. The Morgan fingerprint density at radius 3 is 2.71 bits per heavy atom. The fraction of sp³-hybridized carbons (Fsp3) is 0.167. The molecule has 0 spiro atoms. The third-order valence-electron chi connectivity index (χ3n) is 3.61. The van der Waals surface area contributed by atoms with E-state index in [0.717, 1.165) is 10.6 Å². The first kappa shape index (κ1) is 16.1. The van der Waals surface area contributed by atoms with E-state index < -0.39 is 0 Å². The van der Waals surface area contributed by atoms with E-state index in [-0.39, 0.29) is 11.5 Å². The number of amides is 1. The predicted octanol–water partition coefficient (Wildman–Crippen LogP) is 3.29. The fourth-order valence-electron chi connectivity index (χ4n) is 2.24. The fourth-order valence-corrected chi connectivity index (χ4v) is 3.05. The number of nitrogens with one attached hydrogen (secondary N) is 2. The Morgan fingerprint density at radius 1 is 1.25 bits per heavy atom. The highest BCUT2D eigenvalue weighted by Crippen LogP contribution is 2.16. The van der Waals surface area contributed by atoms with Crippen molar-refractivity contribution < 1.29 is 4.79 Å². The minimum Gasteiger partial charge on any atom is -0.327 e. The van der Waals surface area contributed by atoms with Gasteiger partial charge in [-0.15, -0.1) is 11.3 Å². The van der Waals surface area contributed by atoms with Gasteiger partial charge in [0, 0.05) is 23.6 Å². The van der Waals surface area contributed by atoms with Crippen LogP contribution in [-0.2, 0) is 6.42 Å². The molecule has 0 atom stereocenters. The number of H-pyrrole nitrogens is 1. The second kappa shape index (κ2) is 6.80. The number of carbonyl (C=O) groups is 1. The Bertz CT molecular complexity index is 926. The topological polar surface area (TPSA) is 74.8 Å². The van der Waals surface area contributed by atoms with Gasteiger partial charge in [-0.25, -0.2) is 4.98 Å². The molecular formula is C18H17N3O2S. The molecule has 3 aromatic rings. The summed E-state index contributed by atoms with van der Waals surface area (Å²) < 4.78 is 0. The summed E-state index contributed by atoms with van der Waals surface area (Å²) in [5, 5.41) is 5.38. The van der Waals surface area contributed by atoms with Crippen LogP contribution in [0.5, 0.6) is 0 Å². The molecule has 0 radical (unpaired) electrons. The number of aromatic amines is 1. The smallest absolute Gasteiger partial charge is 0.275 e. The van der Waals surface area contributed by atoms with Crippen molar-refractivity contribution in [2.45, 2.75) is 20.3 Å². The summed E-state index contributed by atoms with van der Waals surface area (Å²) in [6.45, 7) is 3.74. The lowest BCUT2D eigenvalue weighted by molar-refractivity contribution is 0.102. The number of nitrogens with zero attached hydrogens (tertiary/aromatic N) is 1. The molecule has 0 aliphatic carbocycles.